The van der Waals surface area contributed by atoms with Crippen molar-refractivity contribution < 1.29 is 9.59 Å². The largest absolute Gasteiger partial charge is 0.357 e. The van der Waals surface area contributed by atoms with Crippen LogP contribution in [0.3, 0.4) is 0 Å². The molecule has 8 heteroatoms. The first-order valence-corrected chi connectivity index (χ1v) is 12.7. The van der Waals surface area contributed by atoms with Gasteiger partial charge in [-0.15, -0.1) is 0 Å². The number of likely N-dealkylation sites (N-methyl/N-ethyl adjacent to an activating group) is 1. The first-order valence-electron chi connectivity index (χ1n) is 11.1. The highest BCUT2D eigenvalue weighted by Crippen LogP contribution is 2.22. The Kier molecular flexibility index (Phi) is 8.15. The fourth-order valence-electron chi connectivity index (χ4n) is 3.77. The molecular weight excluding hydrogens is 572 g/mol. The molecule has 6 nitrogen and oxygen atoms in total. The van der Waals surface area contributed by atoms with Crippen LogP contribution in [0.15, 0.2) is 93.9 Å². The number of hydrogen-bond donors (Lipinski definition) is 2. The van der Waals surface area contributed by atoms with E-state index in [1.165, 1.54) is 0 Å². The number of halogens is 2. The van der Waals surface area contributed by atoms with Gasteiger partial charge in [-0.1, -0.05) is 92.5 Å². The first-order chi connectivity index (χ1) is 16.9. The maximum absolute atomic E-state index is 13.5. The average molecular weight is 596 g/mol. The number of carbonyl (C=O) groups is 2. The second kappa shape index (κ2) is 11.5. The highest BCUT2D eigenvalue weighted by Gasteiger charge is 2.24. The summed E-state index contributed by atoms with van der Waals surface area (Å²) in [5.41, 5.74) is 3.89. The number of nitrogens with one attached hydrogen (secondary N) is 2. The Morgan fingerprint density at radius 3 is 2.40 bits per heavy atom. The molecule has 2 N–H and O–H groups in total. The van der Waals surface area contributed by atoms with Gasteiger partial charge in [-0.25, -0.2) is 0 Å². The Morgan fingerprint density at radius 2 is 1.69 bits per heavy atom. The van der Waals surface area contributed by atoms with Crippen LogP contribution < -0.4 is 10.6 Å². The first kappa shape index (κ1) is 24.9. The minimum Gasteiger partial charge on any atom is -0.357 e. The van der Waals surface area contributed by atoms with Crippen molar-refractivity contribution in [3.05, 3.63) is 111 Å². The van der Waals surface area contributed by atoms with Gasteiger partial charge in [0, 0.05) is 28.0 Å². The van der Waals surface area contributed by atoms with Crippen molar-refractivity contribution in [2.75, 3.05) is 7.05 Å². The van der Waals surface area contributed by atoms with Gasteiger partial charge in [0.1, 0.15) is 11.7 Å². The number of rotatable bonds is 8. The second-order valence-electron chi connectivity index (χ2n) is 8.00. The molecule has 1 heterocycles. The number of aromatic nitrogens is 2. The number of benzene rings is 3. The summed E-state index contributed by atoms with van der Waals surface area (Å²) in [6, 6.07) is 26.2. The maximum Gasteiger partial charge on any atom is 0.270 e. The average Bonchev–Trinajstić information content (AvgIpc) is 3.29. The van der Waals surface area contributed by atoms with Crippen LogP contribution >= 0.6 is 31.9 Å². The lowest BCUT2D eigenvalue weighted by molar-refractivity contribution is -0.122. The number of carbonyl (C=O) groups excluding carboxylic acids is 2. The number of hydrogen-bond acceptors (Lipinski definition) is 3. The zero-order valence-corrected chi connectivity index (χ0v) is 22.2. The van der Waals surface area contributed by atoms with E-state index in [1.807, 2.05) is 78.9 Å². The summed E-state index contributed by atoms with van der Waals surface area (Å²) in [7, 11) is 1.56. The van der Waals surface area contributed by atoms with Gasteiger partial charge in [0.25, 0.3) is 5.91 Å². The van der Waals surface area contributed by atoms with Crippen LogP contribution in [0.25, 0.3) is 11.3 Å². The molecule has 0 aliphatic heterocycles. The lowest BCUT2D eigenvalue weighted by atomic mass is 10.0. The Balaban J connectivity index is 1.66. The summed E-state index contributed by atoms with van der Waals surface area (Å²) in [5.74, 6) is -0.631. The quantitative estimate of drug-likeness (QED) is 0.294. The van der Waals surface area contributed by atoms with Crippen LogP contribution in [0.1, 0.15) is 21.6 Å². The summed E-state index contributed by atoms with van der Waals surface area (Å²) >= 11 is 7.04. The highest BCUT2D eigenvalue weighted by molar-refractivity contribution is 9.10. The second-order valence-corrected chi connectivity index (χ2v) is 9.77. The third-order valence-corrected chi connectivity index (χ3v) is 6.82. The van der Waals surface area contributed by atoms with E-state index >= 15 is 0 Å². The van der Waals surface area contributed by atoms with E-state index in [0.29, 0.717) is 24.4 Å². The number of amides is 2. The summed E-state index contributed by atoms with van der Waals surface area (Å²) < 4.78 is 3.52. The molecule has 0 aliphatic carbocycles. The molecule has 4 rings (SSSR count). The molecule has 2 amide bonds. The van der Waals surface area contributed by atoms with Crippen molar-refractivity contribution in [3.63, 3.8) is 0 Å². The fourth-order valence-corrected chi connectivity index (χ4v) is 4.63. The Bertz CT molecular complexity index is 1340. The molecular formula is C27H24Br2N4O2. The van der Waals surface area contributed by atoms with E-state index in [0.717, 1.165) is 25.6 Å². The standard InChI is InChI=1S/C27H24Br2N4O2/c1-30-26(34)24(15-18-8-7-12-21(28)14-18)31-27(35)25-16-23(19-9-3-2-4-10-19)32-33(25)17-20-11-5-6-13-22(20)29/h2-14,16,24H,15,17H2,1H3,(H,30,34)(H,31,35)/t24-/m0/s1. The van der Waals surface area contributed by atoms with E-state index in [4.69, 9.17) is 5.10 Å². The minimum atomic E-state index is -0.742. The van der Waals surface area contributed by atoms with Gasteiger partial charge in [0.05, 0.1) is 12.2 Å². The molecule has 0 bridgehead atoms. The van der Waals surface area contributed by atoms with Gasteiger partial charge in [-0.2, -0.15) is 5.10 Å². The van der Waals surface area contributed by atoms with Gasteiger partial charge >= 0.3 is 0 Å². The Morgan fingerprint density at radius 1 is 0.943 bits per heavy atom. The van der Waals surface area contributed by atoms with Crippen molar-refractivity contribution >= 4 is 43.7 Å². The molecule has 0 radical (unpaired) electrons. The molecule has 1 atom stereocenters. The van der Waals surface area contributed by atoms with Gasteiger partial charge in [-0.05, 0) is 35.4 Å². The zero-order chi connectivity index (χ0) is 24.8. The summed E-state index contributed by atoms with van der Waals surface area (Å²) in [4.78, 5) is 26.1. The Hall–Kier alpha value is -3.23. The lowest BCUT2D eigenvalue weighted by Gasteiger charge is -2.18. The Labute approximate surface area is 221 Å². The molecule has 0 saturated heterocycles. The smallest absolute Gasteiger partial charge is 0.270 e. The van der Waals surface area contributed by atoms with E-state index in [2.05, 4.69) is 42.5 Å². The van der Waals surface area contributed by atoms with E-state index < -0.39 is 6.04 Å². The lowest BCUT2D eigenvalue weighted by Crippen LogP contribution is -2.47. The van der Waals surface area contributed by atoms with E-state index in [9.17, 15) is 9.59 Å². The summed E-state index contributed by atoms with van der Waals surface area (Å²) in [6.45, 7) is 0.396. The minimum absolute atomic E-state index is 0.265. The molecule has 4 aromatic rings. The SMILES string of the molecule is CNC(=O)[C@H](Cc1cccc(Br)c1)NC(=O)c1cc(-c2ccccc2)nn1Cc1ccccc1Br. The highest BCUT2D eigenvalue weighted by atomic mass is 79.9. The molecule has 0 fully saturated rings. The van der Waals surface area contributed by atoms with Crippen LogP contribution in [0.5, 0.6) is 0 Å². The molecule has 35 heavy (non-hydrogen) atoms. The zero-order valence-electron chi connectivity index (χ0n) is 19.0. The molecule has 3 aromatic carbocycles. The van der Waals surface area contributed by atoms with Crippen LogP contribution in [0, 0.1) is 0 Å². The van der Waals surface area contributed by atoms with Crippen molar-refractivity contribution in [1.82, 2.24) is 20.4 Å². The molecule has 0 spiro atoms. The molecule has 0 aliphatic rings. The monoisotopic (exact) mass is 594 g/mol. The molecule has 1 aromatic heterocycles. The van der Waals surface area contributed by atoms with E-state index in [1.54, 1.807) is 17.8 Å². The molecule has 0 saturated carbocycles. The van der Waals surface area contributed by atoms with Crippen molar-refractivity contribution in [2.24, 2.45) is 0 Å². The molecule has 0 unspecified atom stereocenters. The third-order valence-electron chi connectivity index (χ3n) is 5.56. The van der Waals surface area contributed by atoms with Gasteiger partial charge < -0.3 is 10.6 Å². The van der Waals surface area contributed by atoms with Crippen LogP contribution in [0.4, 0.5) is 0 Å². The van der Waals surface area contributed by atoms with Gasteiger partial charge in [0.2, 0.25) is 5.91 Å². The predicted octanol–water partition coefficient (Wildman–Crippen LogP) is 5.21. The maximum atomic E-state index is 13.5. The predicted molar refractivity (Wildman–Crippen MR) is 144 cm³/mol. The fraction of sp³-hybridized carbons (Fsp3) is 0.148. The normalized spacial score (nSPS) is 11.6. The van der Waals surface area contributed by atoms with Crippen LogP contribution in [-0.4, -0.2) is 34.7 Å². The van der Waals surface area contributed by atoms with Gasteiger partial charge in [0.15, 0.2) is 0 Å². The van der Waals surface area contributed by atoms with Gasteiger partial charge in [-0.3, -0.25) is 14.3 Å². The van der Waals surface area contributed by atoms with Crippen LogP contribution in [0.2, 0.25) is 0 Å². The topological polar surface area (TPSA) is 76.0 Å². The van der Waals surface area contributed by atoms with Crippen LogP contribution in [-0.2, 0) is 17.8 Å². The number of nitrogens with zero attached hydrogens (tertiary/aromatic N) is 2. The summed E-state index contributed by atoms with van der Waals surface area (Å²) in [5, 5.41) is 10.3. The van der Waals surface area contributed by atoms with Crippen molar-refractivity contribution in [3.8, 4) is 11.3 Å². The van der Waals surface area contributed by atoms with Crippen molar-refractivity contribution in [2.45, 2.75) is 19.0 Å². The third kappa shape index (κ3) is 6.26. The molecule has 178 valence electrons. The van der Waals surface area contributed by atoms with E-state index in [-0.39, 0.29) is 11.8 Å². The summed E-state index contributed by atoms with van der Waals surface area (Å²) in [6.07, 6.45) is 0.356. The van der Waals surface area contributed by atoms with Crippen molar-refractivity contribution in [1.29, 1.82) is 0 Å².